The predicted octanol–water partition coefficient (Wildman–Crippen LogP) is 4.34. The molecule has 0 aliphatic rings. The molecule has 0 saturated carbocycles. The second kappa shape index (κ2) is 5.25. The molecule has 6 heteroatoms. The van der Waals surface area contributed by atoms with Crippen molar-refractivity contribution in [3.8, 4) is 0 Å². The average molecular weight is 272 g/mol. The number of alkyl halides is 3. The van der Waals surface area contributed by atoms with Crippen molar-refractivity contribution in [2.24, 2.45) is 5.73 Å². The Balaban J connectivity index is 2.69. The second-order valence-electron chi connectivity index (χ2n) is 3.46. The van der Waals surface area contributed by atoms with Gasteiger partial charge in [0.05, 0.1) is 0 Å². The molecule has 1 nitrogen and oxygen atoms in total. The van der Waals surface area contributed by atoms with Gasteiger partial charge in [-0.3, -0.25) is 0 Å². The smallest absolute Gasteiger partial charge is 0.324 e. The fraction of sp³-hybridized carbons (Fsp3) is 0.400. The van der Waals surface area contributed by atoms with Gasteiger partial charge >= 0.3 is 6.18 Å². The standard InChI is InChI=1S/C10H10Cl2F3N/c11-7-3-6(4-8(12)5-7)9(16)1-2-10(13,14)15/h3-5,9H,1-2,16H2/t9-/m1/s1. The Labute approximate surface area is 101 Å². The van der Waals surface area contributed by atoms with Crippen molar-refractivity contribution >= 4 is 23.2 Å². The van der Waals surface area contributed by atoms with Crippen LogP contribution in [0.5, 0.6) is 0 Å². The van der Waals surface area contributed by atoms with Crippen LogP contribution in [-0.2, 0) is 0 Å². The summed E-state index contributed by atoms with van der Waals surface area (Å²) < 4.78 is 35.9. The predicted molar refractivity (Wildman–Crippen MR) is 58.7 cm³/mol. The maximum absolute atomic E-state index is 12.0. The van der Waals surface area contributed by atoms with Crippen molar-refractivity contribution in [3.05, 3.63) is 33.8 Å². The first-order chi connectivity index (χ1) is 7.28. The third kappa shape index (κ3) is 4.60. The van der Waals surface area contributed by atoms with Gasteiger partial charge in [-0.15, -0.1) is 0 Å². The topological polar surface area (TPSA) is 26.0 Å². The van der Waals surface area contributed by atoms with E-state index in [4.69, 9.17) is 28.9 Å². The van der Waals surface area contributed by atoms with E-state index in [2.05, 4.69) is 0 Å². The molecule has 0 aliphatic heterocycles. The highest BCUT2D eigenvalue weighted by atomic mass is 35.5. The molecule has 1 rings (SSSR count). The molecule has 2 N–H and O–H groups in total. The lowest BCUT2D eigenvalue weighted by molar-refractivity contribution is -0.136. The van der Waals surface area contributed by atoms with Crippen LogP contribution in [0.1, 0.15) is 24.4 Å². The summed E-state index contributed by atoms with van der Waals surface area (Å²) in [5.74, 6) is 0. The Hall–Kier alpha value is -0.450. The first-order valence-corrected chi connectivity index (χ1v) is 5.32. The molecule has 0 bridgehead atoms. The second-order valence-corrected chi connectivity index (χ2v) is 4.34. The molecular weight excluding hydrogens is 262 g/mol. The lowest BCUT2D eigenvalue weighted by Crippen LogP contribution is -2.15. The SMILES string of the molecule is N[C@H](CCC(F)(F)F)c1cc(Cl)cc(Cl)c1. The molecule has 0 fully saturated rings. The van der Waals surface area contributed by atoms with Crippen molar-refractivity contribution in [2.45, 2.75) is 25.1 Å². The highest BCUT2D eigenvalue weighted by molar-refractivity contribution is 6.34. The summed E-state index contributed by atoms with van der Waals surface area (Å²) in [6.07, 6.45) is -5.29. The summed E-state index contributed by atoms with van der Waals surface area (Å²) in [4.78, 5) is 0. The average Bonchev–Trinajstić information content (AvgIpc) is 2.11. The van der Waals surface area contributed by atoms with Crippen molar-refractivity contribution in [1.82, 2.24) is 0 Å². The summed E-state index contributed by atoms with van der Waals surface area (Å²) in [5.41, 5.74) is 6.14. The van der Waals surface area contributed by atoms with E-state index in [1.54, 1.807) is 0 Å². The first kappa shape index (κ1) is 13.6. The van der Waals surface area contributed by atoms with Crippen LogP contribution in [-0.4, -0.2) is 6.18 Å². The number of hydrogen-bond acceptors (Lipinski definition) is 1. The zero-order chi connectivity index (χ0) is 12.3. The van der Waals surface area contributed by atoms with Crippen LogP contribution < -0.4 is 5.73 Å². The Bertz CT molecular complexity index is 345. The zero-order valence-electron chi connectivity index (χ0n) is 8.19. The van der Waals surface area contributed by atoms with E-state index in [1.165, 1.54) is 18.2 Å². The van der Waals surface area contributed by atoms with Crippen LogP contribution in [0.15, 0.2) is 18.2 Å². The molecule has 0 aromatic heterocycles. The van der Waals surface area contributed by atoms with Gasteiger partial charge in [0.2, 0.25) is 0 Å². The van der Waals surface area contributed by atoms with Gasteiger partial charge in [-0.05, 0) is 30.2 Å². The maximum atomic E-state index is 12.0. The Morgan fingerprint density at radius 1 is 1.12 bits per heavy atom. The van der Waals surface area contributed by atoms with Crippen LogP contribution in [0.4, 0.5) is 13.2 Å². The molecule has 0 spiro atoms. The third-order valence-electron chi connectivity index (χ3n) is 2.05. The minimum atomic E-state index is -4.19. The van der Waals surface area contributed by atoms with Crippen molar-refractivity contribution in [1.29, 1.82) is 0 Å². The van der Waals surface area contributed by atoms with Gasteiger partial charge in [0, 0.05) is 22.5 Å². The molecular formula is C10H10Cl2F3N. The highest BCUT2D eigenvalue weighted by Gasteiger charge is 2.27. The molecule has 0 aliphatic carbocycles. The van der Waals surface area contributed by atoms with E-state index in [0.717, 1.165) is 0 Å². The maximum Gasteiger partial charge on any atom is 0.389 e. The van der Waals surface area contributed by atoms with Crippen molar-refractivity contribution in [3.63, 3.8) is 0 Å². The molecule has 1 atom stereocenters. The summed E-state index contributed by atoms with van der Waals surface area (Å²) in [5, 5.41) is 0.731. The van der Waals surface area contributed by atoms with Crippen molar-refractivity contribution < 1.29 is 13.2 Å². The first-order valence-electron chi connectivity index (χ1n) is 4.56. The van der Waals surface area contributed by atoms with E-state index < -0.39 is 18.6 Å². The van der Waals surface area contributed by atoms with Crippen molar-refractivity contribution in [2.75, 3.05) is 0 Å². The van der Waals surface area contributed by atoms with Gasteiger partial charge in [0.25, 0.3) is 0 Å². The molecule has 0 radical (unpaired) electrons. The van der Waals surface area contributed by atoms with E-state index in [0.29, 0.717) is 15.6 Å². The highest BCUT2D eigenvalue weighted by Crippen LogP contribution is 2.28. The third-order valence-corrected chi connectivity index (χ3v) is 2.49. The molecule has 1 aromatic rings. The molecule has 0 amide bonds. The molecule has 0 unspecified atom stereocenters. The lowest BCUT2D eigenvalue weighted by Gasteiger charge is -2.14. The Morgan fingerprint density at radius 2 is 1.62 bits per heavy atom. The largest absolute Gasteiger partial charge is 0.389 e. The van der Waals surface area contributed by atoms with Gasteiger partial charge < -0.3 is 5.73 Å². The van der Waals surface area contributed by atoms with Crippen LogP contribution in [0, 0.1) is 0 Å². The van der Waals surface area contributed by atoms with E-state index >= 15 is 0 Å². The summed E-state index contributed by atoms with van der Waals surface area (Å²) in [6, 6.07) is 3.84. The van der Waals surface area contributed by atoms with Gasteiger partial charge in [-0.2, -0.15) is 13.2 Å². The Morgan fingerprint density at radius 3 is 2.06 bits per heavy atom. The fourth-order valence-corrected chi connectivity index (χ4v) is 1.82. The lowest BCUT2D eigenvalue weighted by atomic mass is 10.0. The number of hydrogen-bond donors (Lipinski definition) is 1. The molecule has 90 valence electrons. The van der Waals surface area contributed by atoms with Crippen LogP contribution >= 0.6 is 23.2 Å². The quantitative estimate of drug-likeness (QED) is 0.870. The van der Waals surface area contributed by atoms with Gasteiger partial charge in [-0.25, -0.2) is 0 Å². The van der Waals surface area contributed by atoms with E-state index in [9.17, 15) is 13.2 Å². The Kier molecular flexibility index (Phi) is 4.47. The zero-order valence-corrected chi connectivity index (χ0v) is 9.70. The molecule has 16 heavy (non-hydrogen) atoms. The molecule has 0 heterocycles. The normalized spacial score (nSPS) is 13.9. The van der Waals surface area contributed by atoms with E-state index in [-0.39, 0.29) is 6.42 Å². The number of benzene rings is 1. The van der Waals surface area contributed by atoms with Gasteiger partial charge in [0.1, 0.15) is 0 Å². The number of nitrogens with two attached hydrogens (primary N) is 1. The van der Waals surface area contributed by atoms with Gasteiger partial charge in [-0.1, -0.05) is 23.2 Å². The van der Waals surface area contributed by atoms with Crippen LogP contribution in [0.25, 0.3) is 0 Å². The summed E-state index contributed by atoms with van der Waals surface area (Å²) in [7, 11) is 0. The van der Waals surface area contributed by atoms with Gasteiger partial charge in [0.15, 0.2) is 0 Å². The number of rotatable bonds is 3. The molecule has 0 saturated heterocycles. The fourth-order valence-electron chi connectivity index (χ4n) is 1.28. The van der Waals surface area contributed by atoms with Crippen LogP contribution in [0.3, 0.4) is 0 Å². The van der Waals surface area contributed by atoms with E-state index in [1.807, 2.05) is 0 Å². The van der Waals surface area contributed by atoms with Crippen LogP contribution in [0.2, 0.25) is 10.0 Å². The summed E-state index contributed by atoms with van der Waals surface area (Å²) in [6.45, 7) is 0. The minimum Gasteiger partial charge on any atom is -0.324 e. The monoisotopic (exact) mass is 271 g/mol. The number of halogens is 5. The molecule has 1 aromatic carbocycles. The summed E-state index contributed by atoms with van der Waals surface area (Å²) >= 11 is 11.4. The minimum absolute atomic E-state index is 0.180.